The number of nitrogens with zero attached hydrogens (tertiary/aromatic N) is 4. The van der Waals surface area contributed by atoms with Crippen LogP contribution in [0.25, 0.3) is 149 Å². The first-order valence-corrected chi connectivity index (χ1v) is 22.1. The topological polar surface area (TPSA) is 83.0 Å². The highest BCUT2D eigenvalue weighted by atomic mass is 16.3. The number of furan rings is 3. The molecule has 0 spiro atoms. The summed E-state index contributed by atoms with van der Waals surface area (Å²) in [6.07, 6.45) is 0. The second-order valence-electron chi connectivity index (χ2n) is 17.1. The maximum Gasteiger partial charge on any atom is 0.166 e. The Labute approximate surface area is 374 Å². The lowest BCUT2D eigenvalue weighted by molar-refractivity contribution is 0.668. The van der Waals surface area contributed by atoms with Crippen LogP contribution in [-0.4, -0.2) is 19.5 Å². The van der Waals surface area contributed by atoms with Crippen molar-refractivity contribution in [2.45, 2.75) is 0 Å². The molecule has 0 fully saturated rings. The zero-order chi connectivity index (χ0) is 43.0. The van der Waals surface area contributed by atoms with E-state index in [0.29, 0.717) is 17.5 Å². The molecule has 15 rings (SSSR count). The van der Waals surface area contributed by atoms with Crippen molar-refractivity contribution >= 4 is 109 Å². The summed E-state index contributed by atoms with van der Waals surface area (Å²) in [5, 5.41) is 13.0. The first kappa shape index (κ1) is 35.4. The van der Waals surface area contributed by atoms with E-state index in [4.69, 9.17) is 28.2 Å². The lowest BCUT2D eigenvalue weighted by Crippen LogP contribution is -2.04. The predicted molar refractivity (Wildman–Crippen MR) is 267 cm³/mol. The van der Waals surface area contributed by atoms with Crippen molar-refractivity contribution in [2.24, 2.45) is 0 Å². The van der Waals surface area contributed by atoms with Crippen LogP contribution in [0.3, 0.4) is 0 Å². The average Bonchev–Trinajstić information content (AvgIpc) is 4.14. The number of benzene rings is 10. The Morgan fingerprint density at radius 1 is 0.303 bits per heavy atom. The lowest BCUT2D eigenvalue weighted by atomic mass is 10.0. The van der Waals surface area contributed by atoms with Gasteiger partial charge in [-0.3, -0.25) is 0 Å². The van der Waals surface area contributed by atoms with Gasteiger partial charge in [-0.05, 0) is 89.0 Å². The minimum atomic E-state index is 0.498. The van der Waals surface area contributed by atoms with Gasteiger partial charge in [0.25, 0.3) is 0 Å². The Hall–Kier alpha value is -9.07. The van der Waals surface area contributed by atoms with E-state index in [1.807, 2.05) is 48.5 Å². The van der Waals surface area contributed by atoms with E-state index in [1.54, 1.807) is 0 Å². The highest BCUT2D eigenvalue weighted by molar-refractivity contribution is 6.20. The summed E-state index contributed by atoms with van der Waals surface area (Å²) in [5.74, 6) is 1.52. The van der Waals surface area contributed by atoms with E-state index in [-0.39, 0.29) is 0 Å². The molecular weight excluding hydrogens is 813 g/mol. The maximum atomic E-state index is 7.24. The molecule has 15 aromatic rings. The van der Waals surface area contributed by atoms with Gasteiger partial charge in [0, 0.05) is 65.2 Å². The fourth-order valence-corrected chi connectivity index (χ4v) is 10.3. The van der Waals surface area contributed by atoms with Crippen LogP contribution in [0.15, 0.2) is 207 Å². The first-order valence-electron chi connectivity index (χ1n) is 22.1. The van der Waals surface area contributed by atoms with Crippen LogP contribution < -0.4 is 0 Å². The van der Waals surface area contributed by atoms with Crippen molar-refractivity contribution < 1.29 is 13.3 Å². The molecule has 10 aromatic carbocycles. The third kappa shape index (κ3) is 5.05. The van der Waals surface area contributed by atoms with Gasteiger partial charge in [-0.1, -0.05) is 121 Å². The predicted octanol–water partition coefficient (Wildman–Crippen LogP) is 16.0. The molecule has 66 heavy (non-hydrogen) atoms. The van der Waals surface area contributed by atoms with Crippen LogP contribution in [0.4, 0.5) is 0 Å². The molecule has 7 nitrogen and oxygen atoms in total. The minimum absolute atomic E-state index is 0.498. The zero-order valence-corrected chi connectivity index (χ0v) is 35.0. The monoisotopic (exact) mass is 844 g/mol. The molecule has 5 heterocycles. The first-order chi connectivity index (χ1) is 32.7. The van der Waals surface area contributed by atoms with Gasteiger partial charge in [0.1, 0.15) is 33.6 Å². The molecule has 0 saturated carbocycles. The van der Waals surface area contributed by atoms with E-state index in [1.165, 1.54) is 5.39 Å². The van der Waals surface area contributed by atoms with Crippen molar-refractivity contribution in [1.82, 2.24) is 19.5 Å². The fourth-order valence-electron chi connectivity index (χ4n) is 10.3. The van der Waals surface area contributed by atoms with Crippen molar-refractivity contribution in [3.05, 3.63) is 194 Å². The van der Waals surface area contributed by atoms with Gasteiger partial charge in [0.2, 0.25) is 0 Å². The van der Waals surface area contributed by atoms with Gasteiger partial charge < -0.3 is 17.8 Å². The van der Waals surface area contributed by atoms with Gasteiger partial charge in [-0.15, -0.1) is 0 Å². The summed E-state index contributed by atoms with van der Waals surface area (Å²) < 4.78 is 22.4. The molecule has 306 valence electrons. The standard InChI is InChI=1S/C59H32N4O3/c1-2-13-35-30-49-47(29-34(35)12-1)39-15-5-8-18-48(39)63(49)54-46(28-27-45-44-26-21-33-11-3-4-14-38(33)55(44)66-56(45)54)59-61-57(36-22-24-42-40-16-6-9-19-50(40)64-52(42)31-36)60-58(62-59)37-23-25-43-41-17-7-10-20-51(41)65-53(43)32-37/h1-32H. The van der Waals surface area contributed by atoms with Crippen LogP contribution in [-0.2, 0) is 0 Å². The largest absolute Gasteiger partial charge is 0.456 e. The number of hydrogen-bond donors (Lipinski definition) is 0. The number of hydrogen-bond acceptors (Lipinski definition) is 6. The highest BCUT2D eigenvalue weighted by Gasteiger charge is 2.26. The summed E-state index contributed by atoms with van der Waals surface area (Å²) in [6.45, 7) is 0. The van der Waals surface area contributed by atoms with Gasteiger partial charge in [-0.2, -0.15) is 0 Å². The Kier molecular flexibility index (Phi) is 7.10. The molecule has 0 saturated heterocycles. The smallest absolute Gasteiger partial charge is 0.166 e. The Balaban J connectivity index is 1.06. The lowest BCUT2D eigenvalue weighted by Gasteiger charge is -2.15. The second-order valence-corrected chi connectivity index (χ2v) is 17.1. The molecule has 0 aliphatic heterocycles. The average molecular weight is 845 g/mol. The van der Waals surface area contributed by atoms with Crippen molar-refractivity contribution in [1.29, 1.82) is 0 Å². The molecule has 0 unspecified atom stereocenters. The van der Waals surface area contributed by atoms with Gasteiger partial charge in [-0.25, -0.2) is 15.0 Å². The van der Waals surface area contributed by atoms with Gasteiger partial charge in [0.05, 0.1) is 11.0 Å². The number of aromatic nitrogens is 4. The molecule has 0 atom stereocenters. The number of para-hydroxylation sites is 3. The third-order valence-electron chi connectivity index (χ3n) is 13.4. The molecular formula is C59H32N4O3. The van der Waals surface area contributed by atoms with Crippen LogP contribution in [0.5, 0.6) is 0 Å². The Morgan fingerprint density at radius 2 is 0.818 bits per heavy atom. The molecule has 0 radical (unpaired) electrons. The highest BCUT2D eigenvalue weighted by Crippen LogP contribution is 2.45. The van der Waals surface area contributed by atoms with E-state index in [0.717, 1.165) is 126 Å². The molecule has 0 N–H and O–H groups in total. The molecule has 7 heteroatoms. The second kappa shape index (κ2) is 13.2. The Morgan fingerprint density at radius 3 is 1.52 bits per heavy atom. The quantitative estimate of drug-likeness (QED) is 0.175. The normalized spacial score (nSPS) is 12.2. The van der Waals surface area contributed by atoms with Crippen molar-refractivity contribution in [2.75, 3.05) is 0 Å². The van der Waals surface area contributed by atoms with E-state index in [9.17, 15) is 0 Å². The van der Waals surface area contributed by atoms with Crippen molar-refractivity contribution in [3.63, 3.8) is 0 Å². The summed E-state index contributed by atoms with van der Waals surface area (Å²) in [6, 6.07) is 67.4. The summed E-state index contributed by atoms with van der Waals surface area (Å²) in [7, 11) is 0. The summed E-state index contributed by atoms with van der Waals surface area (Å²) >= 11 is 0. The molecule has 0 amide bonds. The SMILES string of the molecule is c1ccc2cc3c(cc2c1)c1ccccc1n3-c1c(-c2nc(-c3ccc4c(c3)oc3ccccc34)nc(-c3ccc4c(c3)oc3ccccc34)n2)ccc2c1oc1c3ccccc3ccc21. The van der Waals surface area contributed by atoms with E-state index >= 15 is 0 Å². The summed E-state index contributed by atoms with van der Waals surface area (Å²) in [5.41, 5.74) is 10.1. The van der Waals surface area contributed by atoms with Gasteiger partial charge in [0.15, 0.2) is 23.1 Å². The molecule has 0 bridgehead atoms. The third-order valence-corrected chi connectivity index (χ3v) is 13.4. The van der Waals surface area contributed by atoms with Crippen LogP contribution in [0.2, 0.25) is 0 Å². The Bertz CT molecular complexity index is 4420. The van der Waals surface area contributed by atoms with Crippen LogP contribution >= 0.6 is 0 Å². The molecule has 0 aliphatic rings. The minimum Gasteiger partial charge on any atom is -0.456 e. The van der Waals surface area contributed by atoms with E-state index in [2.05, 4.69) is 150 Å². The van der Waals surface area contributed by atoms with Crippen LogP contribution in [0, 0.1) is 0 Å². The fraction of sp³-hybridized carbons (Fsp3) is 0. The molecule has 0 aliphatic carbocycles. The number of rotatable bonds is 4. The van der Waals surface area contributed by atoms with Gasteiger partial charge >= 0.3 is 0 Å². The zero-order valence-electron chi connectivity index (χ0n) is 35.0. The van der Waals surface area contributed by atoms with Crippen molar-refractivity contribution in [3.8, 4) is 39.9 Å². The van der Waals surface area contributed by atoms with Crippen LogP contribution in [0.1, 0.15) is 0 Å². The number of fused-ring (bicyclic) bond motifs is 15. The maximum absolute atomic E-state index is 7.24. The molecule has 5 aromatic heterocycles. The summed E-state index contributed by atoms with van der Waals surface area (Å²) in [4.78, 5) is 16.1. The van der Waals surface area contributed by atoms with E-state index < -0.39 is 0 Å².